The summed E-state index contributed by atoms with van der Waals surface area (Å²) in [6, 6.07) is 0. The van der Waals surface area contributed by atoms with Crippen LogP contribution in [0.4, 0.5) is 0 Å². The highest BCUT2D eigenvalue weighted by Crippen LogP contribution is 2.30. The van der Waals surface area contributed by atoms with Crippen LogP contribution in [0.15, 0.2) is 23.6 Å². The van der Waals surface area contributed by atoms with Crippen molar-refractivity contribution in [3.63, 3.8) is 0 Å². The van der Waals surface area contributed by atoms with E-state index < -0.39 is 10.0 Å². The molecule has 0 heterocycles. The van der Waals surface area contributed by atoms with Gasteiger partial charge in [0, 0.05) is 0 Å². The van der Waals surface area contributed by atoms with Gasteiger partial charge in [-0.2, -0.15) is 0 Å². The Morgan fingerprint density at radius 1 is 1.67 bits per heavy atom. The Labute approximate surface area is 108 Å². The van der Waals surface area contributed by atoms with Crippen LogP contribution in [0.3, 0.4) is 0 Å². The standard InChI is InChI=1S/C12H21NO4S/c1-2-3-12(17-9-8-14)10-4-6-11(7-5-10)18(13,15)16/h2,6,10,12,14H,1,3-5,7-9H2,(H2,13,15,16). The first kappa shape index (κ1) is 15.4. The van der Waals surface area contributed by atoms with E-state index in [1.54, 1.807) is 12.2 Å². The van der Waals surface area contributed by atoms with E-state index in [0.717, 1.165) is 6.42 Å². The summed E-state index contributed by atoms with van der Waals surface area (Å²) >= 11 is 0. The third kappa shape index (κ3) is 4.53. The Morgan fingerprint density at radius 2 is 2.39 bits per heavy atom. The highest BCUT2D eigenvalue weighted by Gasteiger charge is 2.26. The van der Waals surface area contributed by atoms with Crippen LogP contribution >= 0.6 is 0 Å². The fourth-order valence-corrected chi connectivity index (χ4v) is 2.92. The first-order valence-electron chi connectivity index (χ1n) is 6.04. The molecule has 18 heavy (non-hydrogen) atoms. The zero-order valence-electron chi connectivity index (χ0n) is 10.4. The molecule has 0 aromatic carbocycles. The summed E-state index contributed by atoms with van der Waals surface area (Å²) in [5, 5.41) is 13.9. The number of hydrogen-bond acceptors (Lipinski definition) is 4. The van der Waals surface area contributed by atoms with Crippen LogP contribution in [0, 0.1) is 5.92 Å². The van der Waals surface area contributed by atoms with Crippen molar-refractivity contribution in [2.45, 2.75) is 31.8 Å². The third-order valence-corrected chi connectivity index (χ3v) is 4.22. The molecule has 2 atom stereocenters. The first-order valence-corrected chi connectivity index (χ1v) is 7.59. The van der Waals surface area contributed by atoms with Gasteiger partial charge in [-0.15, -0.1) is 6.58 Å². The Kier molecular flexibility index (Phi) is 6.01. The van der Waals surface area contributed by atoms with Crippen LogP contribution in [-0.4, -0.2) is 32.8 Å². The lowest BCUT2D eigenvalue weighted by atomic mass is 9.87. The zero-order valence-corrected chi connectivity index (χ0v) is 11.2. The number of rotatable bonds is 7. The second-order valence-electron chi connectivity index (χ2n) is 4.41. The third-order valence-electron chi connectivity index (χ3n) is 3.12. The molecule has 6 heteroatoms. The van der Waals surface area contributed by atoms with E-state index in [0.29, 0.717) is 30.8 Å². The molecule has 0 spiro atoms. The maximum absolute atomic E-state index is 11.2. The summed E-state index contributed by atoms with van der Waals surface area (Å²) < 4.78 is 27.9. The van der Waals surface area contributed by atoms with Gasteiger partial charge >= 0.3 is 0 Å². The average Bonchev–Trinajstić information content (AvgIpc) is 2.33. The molecule has 0 aliphatic heterocycles. The monoisotopic (exact) mass is 275 g/mol. The predicted molar refractivity (Wildman–Crippen MR) is 70.2 cm³/mol. The molecule has 2 unspecified atom stereocenters. The summed E-state index contributed by atoms with van der Waals surface area (Å²) in [5.74, 6) is 0.250. The van der Waals surface area contributed by atoms with Crippen LogP contribution in [0.25, 0.3) is 0 Å². The highest BCUT2D eigenvalue weighted by atomic mass is 32.2. The molecule has 3 N–H and O–H groups in total. The fraction of sp³-hybridized carbons (Fsp3) is 0.667. The van der Waals surface area contributed by atoms with Gasteiger partial charge in [-0.3, -0.25) is 0 Å². The van der Waals surface area contributed by atoms with Crippen molar-refractivity contribution >= 4 is 10.0 Å². The molecule has 0 amide bonds. The van der Waals surface area contributed by atoms with Crippen molar-refractivity contribution in [3.8, 4) is 0 Å². The van der Waals surface area contributed by atoms with Crippen molar-refractivity contribution < 1.29 is 18.3 Å². The number of aliphatic hydroxyl groups excluding tert-OH is 1. The second kappa shape index (κ2) is 7.04. The van der Waals surface area contributed by atoms with Gasteiger partial charge in [0.05, 0.1) is 24.2 Å². The molecular formula is C12H21NO4S. The van der Waals surface area contributed by atoms with Gasteiger partial charge in [-0.25, -0.2) is 13.6 Å². The topological polar surface area (TPSA) is 89.6 Å². The lowest BCUT2D eigenvalue weighted by Crippen LogP contribution is -2.28. The van der Waals surface area contributed by atoms with Crippen LogP contribution in [-0.2, 0) is 14.8 Å². The number of primary sulfonamides is 1. The minimum absolute atomic E-state index is 0.0152. The Hall–Kier alpha value is -0.690. The molecule has 0 fully saturated rings. The lowest BCUT2D eigenvalue weighted by Gasteiger charge is -2.28. The van der Waals surface area contributed by atoms with Crippen molar-refractivity contribution in [2.24, 2.45) is 11.1 Å². The smallest absolute Gasteiger partial charge is 0.233 e. The van der Waals surface area contributed by atoms with Crippen LogP contribution < -0.4 is 5.14 Å². The number of sulfonamides is 1. The summed E-state index contributed by atoms with van der Waals surface area (Å²) in [6.45, 7) is 3.96. The van der Waals surface area contributed by atoms with Crippen LogP contribution in [0.5, 0.6) is 0 Å². The van der Waals surface area contributed by atoms with Gasteiger partial charge in [0.25, 0.3) is 0 Å². The SMILES string of the molecule is C=CCC(OCCO)C1CC=C(S(N)(=O)=O)CC1. The van der Waals surface area contributed by atoms with Gasteiger partial charge in [-0.05, 0) is 31.6 Å². The summed E-state index contributed by atoms with van der Waals surface area (Å²) in [7, 11) is -3.54. The zero-order chi connectivity index (χ0) is 13.6. The van der Waals surface area contributed by atoms with Gasteiger partial charge in [0.1, 0.15) is 0 Å². The first-order chi connectivity index (χ1) is 8.49. The predicted octanol–water partition coefficient (Wildman–Crippen LogP) is 0.912. The summed E-state index contributed by atoms with van der Waals surface area (Å²) in [6.07, 6.45) is 5.96. The maximum Gasteiger partial charge on any atom is 0.233 e. The molecule has 1 rings (SSSR count). The molecule has 5 nitrogen and oxygen atoms in total. The largest absolute Gasteiger partial charge is 0.394 e. The number of aliphatic hydroxyl groups is 1. The minimum atomic E-state index is -3.54. The van der Waals surface area contributed by atoms with E-state index in [1.807, 2.05) is 0 Å². The van der Waals surface area contributed by atoms with Crippen LogP contribution in [0.2, 0.25) is 0 Å². The number of ether oxygens (including phenoxy) is 1. The van der Waals surface area contributed by atoms with E-state index in [9.17, 15) is 8.42 Å². The Bertz CT molecular complexity index is 402. The van der Waals surface area contributed by atoms with Gasteiger partial charge in [0.15, 0.2) is 0 Å². The molecule has 104 valence electrons. The molecule has 0 aromatic heterocycles. The summed E-state index contributed by atoms with van der Waals surface area (Å²) in [4.78, 5) is 0.318. The Morgan fingerprint density at radius 3 is 2.83 bits per heavy atom. The Balaban J connectivity index is 2.63. The van der Waals surface area contributed by atoms with Gasteiger partial charge in [-0.1, -0.05) is 12.2 Å². The molecule has 0 bridgehead atoms. The molecule has 0 saturated carbocycles. The maximum atomic E-state index is 11.2. The fourth-order valence-electron chi connectivity index (χ4n) is 2.19. The average molecular weight is 275 g/mol. The number of allylic oxidation sites excluding steroid dienone is 2. The molecule has 0 saturated heterocycles. The molecule has 1 aliphatic carbocycles. The van der Waals surface area contributed by atoms with Crippen LogP contribution in [0.1, 0.15) is 25.7 Å². The minimum Gasteiger partial charge on any atom is -0.394 e. The molecule has 0 aromatic rings. The molecular weight excluding hydrogens is 254 g/mol. The highest BCUT2D eigenvalue weighted by molar-refractivity contribution is 7.93. The van der Waals surface area contributed by atoms with E-state index in [1.165, 1.54) is 0 Å². The molecule has 1 aliphatic rings. The normalized spacial score (nSPS) is 22.3. The molecule has 0 radical (unpaired) electrons. The van der Waals surface area contributed by atoms with E-state index in [4.69, 9.17) is 15.0 Å². The number of nitrogens with two attached hydrogens (primary N) is 1. The van der Waals surface area contributed by atoms with Gasteiger partial charge in [0.2, 0.25) is 10.0 Å². The number of hydrogen-bond donors (Lipinski definition) is 2. The van der Waals surface area contributed by atoms with Gasteiger partial charge < -0.3 is 9.84 Å². The van der Waals surface area contributed by atoms with E-state index >= 15 is 0 Å². The second-order valence-corrected chi connectivity index (χ2v) is 6.02. The summed E-state index contributed by atoms with van der Waals surface area (Å²) in [5.41, 5.74) is 0. The van der Waals surface area contributed by atoms with Crippen molar-refractivity contribution in [3.05, 3.63) is 23.6 Å². The van der Waals surface area contributed by atoms with E-state index in [2.05, 4.69) is 6.58 Å². The van der Waals surface area contributed by atoms with Crippen molar-refractivity contribution in [1.29, 1.82) is 0 Å². The quantitative estimate of drug-likeness (QED) is 0.676. The van der Waals surface area contributed by atoms with Crippen molar-refractivity contribution in [2.75, 3.05) is 13.2 Å². The lowest BCUT2D eigenvalue weighted by molar-refractivity contribution is -0.00599. The van der Waals surface area contributed by atoms with Crippen molar-refractivity contribution in [1.82, 2.24) is 0 Å². The van der Waals surface area contributed by atoms with E-state index in [-0.39, 0.29) is 18.6 Å².